The average Bonchev–Trinajstić information content (AvgIpc) is 2.08. The van der Waals surface area contributed by atoms with Gasteiger partial charge in [-0.25, -0.2) is 0 Å². The number of hydrogen-bond donors (Lipinski definition) is 2. The Hall–Kier alpha value is 0.230. The first-order valence-corrected chi connectivity index (χ1v) is 5.91. The van der Waals surface area contributed by atoms with Crippen molar-refractivity contribution in [2.24, 2.45) is 5.73 Å². The zero-order valence-corrected chi connectivity index (χ0v) is 9.35. The smallest absolute Gasteiger partial charge is 0.0863 e. The molecule has 0 spiro atoms. The summed E-state index contributed by atoms with van der Waals surface area (Å²) in [6.07, 6.45) is 0.671. The lowest BCUT2D eigenvalue weighted by molar-refractivity contribution is 0.0551. The molecule has 0 fully saturated rings. The van der Waals surface area contributed by atoms with Crippen LogP contribution in [0, 0.1) is 0 Å². The maximum Gasteiger partial charge on any atom is 0.0863 e. The molecule has 4 heteroatoms. The van der Waals surface area contributed by atoms with Gasteiger partial charge in [0.1, 0.15) is 0 Å². The van der Waals surface area contributed by atoms with Gasteiger partial charge in [0.15, 0.2) is 0 Å². The van der Waals surface area contributed by atoms with Crippen LogP contribution in [0.25, 0.3) is 0 Å². The molecule has 0 aromatic heterocycles. The van der Waals surface area contributed by atoms with Gasteiger partial charge in [0, 0.05) is 18.4 Å². The molecule has 0 aromatic rings. The van der Waals surface area contributed by atoms with E-state index in [-0.39, 0.29) is 12.1 Å². The molecule has 0 radical (unpaired) electrons. The topological polar surface area (TPSA) is 55.5 Å². The number of nitrogens with two attached hydrogens (primary N) is 1. The highest BCUT2D eigenvalue weighted by atomic mass is 32.2. The Kier molecular flexibility index (Phi) is 8.97. The summed E-state index contributed by atoms with van der Waals surface area (Å²) in [5.41, 5.74) is 5.59. The van der Waals surface area contributed by atoms with Crippen LogP contribution in [0.2, 0.25) is 0 Å². The summed E-state index contributed by atoms with van der Waals surface area (Å²) in [4.78, 5) is 0. The Balaban J connectivity index is 3.12. The lowest BCUT2D eigenvalue weighted by Gasteiger charge is -2.10. The second kappa shape index (κ2) is 8.81. The zero-order chi connectivity index (χ0) is 10.1. The number of thioether (sulfide) groups is 1. The summed E-state index contributed by atoms with van der Waals surface area (Å²) >= 11 is 1.73. The van der Waals surface area contributed by atoms with Crippen molar-refractivity contribution < 1.29 is 9.84 Å². The summed E-state index contributed by atoms with van der Waals surface area (Å²) in [6.45, 7) is 5.04. The predicted octanol–water partition coefficient (Wildman–Crippen LogP) is 0.854. The lowest BCUT2D eigenvalue weighted by atomic mass is 10.3. The van der Waals surface area contributed by atoms with Crippen molar-refractivity contribution in [3.63, 3.8) is 0 Å². The normalized spacial score (nSPS) is 15.7. The molecule has 0 aromatic carbocycles. The molecule has 0 aliphatic heterocycles. The highest BCUT2D eigenvalue weighted by Crippen LogP contribution is 2.06. The second-order valence-electron chi connectivity index (χ2n) is 3.15. The maximum atomic E-state index is 9.37. The number of aliphatic hydroxyl groups is 1. The van der Waals surface area contributed by atoms with Gasteiger partial charge in [0.2, 0.25) is 0 Å². The highest BCUT2D eigenvalue weighted by Gasteiger charge is 2.03. The molecular formula is C9H21NO2S. The molecule has 3 nitrogen and oxygen atoms in total. The van der Waals surface area contributed by atoms with Crippen molar-refractivity contribution >= 4 is 11.8 Å². The van der Waals surface area contributed by atoms with Crippen molar-refractivity contribution in [1.29, 1.82) is 0 Å². The Bertz CT molecular complexity index is 112. The Morgan fingerprint density at radius 2 is 2.23 bits per heavy atom. The Morgan fingerprint density at radius 3 is 2.77 bits per heavy atom. The molecule has 0 saturated heterocycles. The van der Waals surface area contributed by atoms with Crippen LogP contribution in [0.3, 0.4) is 0 Å². The minimum atomic E-state index is -0.335. The van der Waals surface area contributed by atoms with Gasteiger partial charge < -0.3 is 15.6 Å². The first-order valence-electron chi connectivity index (χ1n) is 4.76. The van der Waals surface area contributed by atoms with Crippen LogP contribution in [0.1, 0.15) is 20.3 Å². The van der Waals surface area contributed by atoms with Gasteiger partial charge in [0.05, 0.1) is 12.7 Å². The summed E-state index contributed by atoms with van der Waals surface area (Å²) in [5, 5.41) is 9.37. The molecule has 0 rings (SSSR count). The largest absolute Gasteiger partial charge is 0.390 e. The molecule has 3 N–H and O–H groups in total. The van der Waals surface area contributed by atoms with Crippen molar-refractivity contribution in [3.05, 3.63) is 0 Å². The highest BCUT2D eigenvalue weighted by molar-refractivity contribution is 7.99. The molecule has 2 atom stereocenters. The van der Waals surface area contributed by atoms with Crippen LogP contribution in [-0.2, 0) is 4.74 Å². The fourth-order valence-corrected chi connectivity index (χ4v) is 1.86. The molecule has 0 amide bonds. The van der Waals surface area contributed by atoms with Gasteiger partial charge in [-0.15, -0.1) is 0 Å². The number of rotatable bonds is 8. The minimum Gasteiger partial charge on any atom is -0.390 e. The average molecular weight is 207 g/mol. The standard InChI is InChI=1S/C9H21NO2S/c1-3-12-6-9(11)7-13-5-4-8(2)10/h8-9,11H,3-7,10H2,1-2H3. The van der Waals surface area contributed by atoms with E-state index in [2.05, 4.69) is 0 Å². The first kappa shape index (κ1) is 13.2. The quantitative estimate of drug-likeness (QED) is 0.580. The van der Waals surface area contributed by atoms with Crippen molar-refractivity contribution in [2.45, 2.75) is 32.4 Å². The molecule has 80 valence electrons. The van der Waals surface area contributed by atoms with E-state index in [0.717, 1.165) is 17.9 Å². The van der Waals surface area contributed by atoms with Crippen molar-refractivity contribution in [1.82, 2.24) is 0 Å². The van der Waals surface area contributed by atoms with Crippen molar-refractivity contribution in [2.75, 3.05) is 24.7 Å². The van der Waals surface area contributed by atoms with Crippen LogP contribution >= 0.6 is 11.8 Å². The maximum absolute atomic E-state index is 9.37. The molecular weight excluding hydrogens is 186 g/mol. The van der Waals surface area contributed by atoms with E-state index in [1.54, 1.807) is 11.8 Å². The number of aliphatic hydroxyl groups excluding tert-OH is 1. The predicted molar refractivity (Wildman–Crippen MR) is 58.1 cm³/mol. The molecule has 0 aliphatic carbocycles. The van der Waals surface area contributed by atoms with Crippen LogP contribution in [0.5, 0.6) is 0 Å². The Morgan fingerprint density at radius 1 is 1.54 bits per heavy atom. The second-order valence-corrected chi connectivity index (χ2v) is 4.30. The summed E-state index contributed by atoms with van der Waals surface area (Å²) < 4.78 is 5.09. The van der Waals surface area contributed by atoms with Crippen LogP contribution in [0.15, 0.2) is 0 Å². The van der Waals surface area contributed by atoms with Gasteiger partial charge in [-0.1, -0.05) is 0 Å². The third-order valence-corrected chi connectivity index (χ3v) is 2.69. The van der Waals surface area contributed by atoms with Crippen LogP contribution < -0.4 is 5.73 Å². The van der Waals surface area contributed by atoms with Gasteiger partial charge in [-0.2, -0.15) is 11.8 Å². The minimum absolute atomic E-state index is 0.261. The number of hydrogen-bond acceptors (Lipinski definition) is 4. The Labute approximate surface area is 85.0 Å². The van der Waals surface area contributed by atoms with E-state index in [1.165, 1.54) is 0 Å². The van der Waals surface area contributed by atoms with E-state index in [1.807, 2.05) is 13.8 Å². The monoisotopic (exact) mass is 207 g/mol. The van der Waals surface area contributed by atoms with E-state index < -0.39 is 0 Å². The SMILES string of the molecule is CCOCC(O)CSCCC(C)N. The van der Waals surface area contributed by atoms with E-state index >= 15 is 0 Å². The van der Waals surface area contributed by atoms with Gasteiger partial charge in [-0.05, 0) is 26.0 Å². The van der Waals surface area contributed by atoms with Crippen LogP contribution in [-0.4, -0.2) is 42.0 Å². The first-order chi connectivity index (χ1) is 6.16. The summed E-state index contributed by atoms with van der Waals surface area (Å²) in [5.74, 6) is 1.76. The fourth-order valence-electron chi connectivity index (χ4n) is 0.791. The third-order valence-electron chi connectivity index (χ3n) is 1.54. The lowest BCUT2D eigenvalue weighted by Crippen LogP contribution is -2.19. The molecule has 0 bridgehead atoms. The van der Waals surface area contributed by atoms with Crippen molar-refractivity contribution in [3.8, 4) is 0 Å². The molecule has 0 heterocycles. The molecule has 13 heavy (non-hydrogen) atoms. The third kappa shape index (κ3) is 10.1. The summed E-state index contributed by atoms with van der Waals surface area (Å²) in [6, 6.07) is 0.261. The van der Waals surface area contributed by atoms with Gasteiger partial charge in [-0.3, -0.25) is 0 Å². The van der Waals surface area contributed by atoms with Crippen LogP contribution in [0.4, 0.5) is 0 Å². The molecule has 2 unspecified atom stereocenters. The van der Waals surface area contributed by atoms with E-state index in [0.29, 0.717) is 13.2 Å². The summed E-state index contributed by atoms with van der Waals surface area (Å²) in [7, 11) is 0. The molecule has 0 saturated carbocycles. The van der Waals surface area contributed by atoms with Gasteiger partial charge >= 0.3 is 0 Å². The fraction of sp³-hybridized carbons (Fsp3) is 1.00. The molecule has 0 aliphatic rings. The van der Waals surface area contributed by atoms with E-state index in [9.17, 15) is 5.11 Å². The number of ether oxygens (including phenoxy) is 1. The van der Waals surface area contributed by atoms with E-state index in [4.69, 9.17) is 10.5 Å². The van der Waals surface area contributed by atoms with Gasteiger partial charge in [0.25, 0.3) is 0 Å². The zero-order valence-electron chi connectivity index (χ0n) is 8.53.